The molecule has 5 aromatic rings. The summed E-state index contributed by atoms with van der Waals surface area (Å²) >= 11 is 6.66. The molecular weight excluding hydrogens is 588 g/mol. The van der Waals surface area contributed by atoms with Crippen molar-refractivity contribution >= 4 is 51.8 Å². The number of benzene rings is 3. The zero-order valence-corrected chi connectivity index (χ0v) is 26.2. The molecule has 10 heteroatoms. The van der Waals surface area contributed by atoms with Gasteiger partial charge in [-0.05, 0) is 70.0 Å². The molecule has 2 N–H and O–H groups in total. The van der Waals surface area contributed by atoms with Crippen LogP contribution in [0.15, 0.2) is 91.3 Å². The van der Waals surface area contributed by atoms with Gasteiger partial charge in [-0.15, -0.1) is 0 Å². The highest BCUT2D eigenvalue weighted by Gasteiger charge is 2.30. The summed E-state index contributed by atoms with van der Waals surface area (Å²) in [7, 11) is 0. The van der Waals surface area contributed by atoms with E-state index in [9.17, 15) is 9.59 Å². The van der Waals surface area contributed by atoms with Gasteiger partial charge in [0.05, 0.1) is 22.4 Å². The number of likely N-dealkylation sites (tertiary alicyclic amines) is 1. The van der Waals surface area contributed by atoms with Gasteiger partial charge in [-0.3, -0.25) is 4.79 Å². The number of piperidine rings is 1. The van der Waals surface area contributed by atoms with Crippen molar-refractivity contribution < 1.29 is 14.3 Å². The van der Waals surface area contributed by atoms with Crippen molar-refractivity contribution in [1.82, 2.24) is 19.4 Å². The van der Waals surface area contributed by atoms with Crippen LogP contribution in [-0.4, -0.2) is 50.1 Å². The fourth-order valence-corrected chi connectivity index (χ4v) is 5.68. The van der Waals surface area contributed by atoms with E-state index in [-0.39, 0.29) is 17.9 Å². The second-order valence-electron chi connectivity index (χ2n) is 12.1. The van der Waals surface area contributed by atoms with Gasteiger partial charge in [0, 0.05) is 53.2 Å². The summed E-state index contributed by atoms with van der Waals surface area (Å²) in [6.07, 6.45) is 4.45. The van der Waals surface area contributed by atoms with E-state index in [0.717, 1.165) is 22.2 Å². The summed E-state index contributed by atoms with van der Waals surface area (Å²) < 4.78 is 7.60. The van der Waals surface area contributed by atoms with Gasteiger partial charge in [0.25, 0.3) is 0 Å². The van der Waals surface area contributed by atoms with Crippen molar-refractivity contribution in [2.24, 2.45) is 5.92 Å². The molecule has 0 bridgehead atoms. The third-order valence-electron chi connectivity index (χ3n) is 7.65. The van der Waals surface area contributed by atoms with Crippen molar-refractivity contribution in [1.29, 1.82) is 0 Å². The number of ether oxygens (including phenoxy) is 1. The van der Waals surface area contributed by atoms with Crippen molar-refractivity contribution in [3.8, 4) is 16.9 Å². The van der Waals surface area contributed by atoms with Crippen LogP contribution in [0.1, 0.15) is 33.6 Å². The predicted octanol–water partition coefficient (Wildman–Crippen LogP) is 8.07. The summed E-state index contributed by atoms with van der Waals surface area (Å²) in [5, 5.41) is 7.75. The van der Waals surface area contributed by atoms with Crippen LogP contribution in [0.25, 0.3) is 27.8 Å². The maximum Gasteiger partial charge on any atom is 0.410 e. The number of hydrogen-bond donors (Lipinski definition) is 2. The second-order valence-corrected chi connectivity index (χ2v) is 12.5. The maximum atomic E-state index is 13.1. The maximum absolute atomic E-state index is 13.1. The van der Waals surface area contributed by atoms with Crippen molar-refractivity contribution in [2.75, 3.05) is 23.7 Å². The van der Waals surface area contributed by atoms with Crippen LogP contribution in [0.3, 0.4) is 0 Å². The first-order valence-corrected chi connectivity index (χ1v) is 15.4. The zero-order chi connectivity index (χ0) is 31.6. The lowest BCUT2D eigenvalue weighted by Crippen LogP contribution is -2.43. The number of carbonyl (C=O) groups is 2. The van der Waals surface area contributed by atoms with Crippen LogP contribution >= 0.6 is 11.6 Å². The van der Waals surface area contributed by atoms with Crippen LogP contribution < -0.4 is 10.6 Å². The molecule has 0 spiro atoms. The lowest BCUT2D eigenvalue weighted by atomic mass is 9.96. The quantitative estimate of drug-likeness (QED) is 0.199. The number of halogens is 1. The molecule has 45 heavy (non-hydrogen) atoms. The van der Waals surface area contributed by atoms with E-state index in [4.69, 9.17) is 21.3 Å². The molecule has 3 aromatic carbocycles. The molecule has 1 aliphatic rings. The van der Waals surface area contributed by atoms with E-state index in [0.29, 0.717) is 54.0 Å². The number of rotatable bonds is 6. The first-order chi connectivity index (χ1) is 21.6. The highest BCUT2D eigenvalue weighted by molar-refractivity contribution is 6.33. The molecule has 1 fully saturated rings. The Kier molecular flexibility index (Phi) is 8.45. The molecule has 0 saturated carbocycles. The summed E-state index contributed by atoms with van der Waals surface area (Å²) in [6.45, 7) is 6.50. The third-order valence-corrected chi connectivity index (χ3v) is 7.93. The lowest BCUT2D eigenvalue weighted by Gasteiger charge is -2.32. The minimum Gasteiger partial charge on any atom is -0.444 e. The average molecular weight is 623 g/mol. The smallest absolute Gasteiger partial charge is 0.410 e. The molecular formula is C35H35ClN6O3. The minimum atomic E-state index is -0.550. The highest BCUT2D eigenvalue weighted by atomic mass is 35.5. The Hall–Kier alpha value is -4.89. The van der Waals surface area contributed by atoms with Crippen molar-refractivity contribution in [2.45, 2.75) is 39.2 Å². The van der Waals surface area contributed by atoms with E-state index in [2.05, 4.69) is 44.5 Å². The van der Waals surface area contributed by atoms with Crippen molar-refractivity contribution in [3.05, 3.63) is 96.3 Å². The standard InChI is InChI=1S/C35H35ClN6O3/c1-35(2,3)45-34(44)41-18-16-23(17-19-41)32(43)38-24-10-9-11-25(20-24)39-33-37-21-29(36)31(40-33)28-22-42(26-12-5-4-6-13-26)30-15-8-7-14-27(28)30/h4-15,20-23H,16-19H2,1-3H3,(H,38,43)(H,37,39,40). The second kappa shape index (κ2) is 12.6. The van der Waals surface area contributed by atoms with Crippen LogP contribution in [-0.2, 0) is 9.53 Å². The van der Waals surface area contributed by atoms with Gasteiger partial charge in [-0.25, -0.2) is 14.8 Å². The largest absolute Gasteiger partial charge is 0.444 e. The summed E-state index contributed by atoms with van der Waals surface area (Å²) in [6, 6.07) is 25.7. The number of nitrogens with zero attached hydrogens (tertiary/aromatic N) is 4. The van der Waals surface area contributed by atoms with E-state index >= 15 is 0 Å². The van der Waals surface area contributed by atoms with Crippen LogP contribution in [0.4, 0.5) is 22.1 Å². The molecule has 0 aliphatic carbocycles. The summed E-state index contributed by atoms with van der Waals surface area (Å²) in [5.41, 5.74) is 4.40. The van der Waals surface area contributed by atoms with E-state index in [1.165, 1.54) is 0 Å². The van der Waals surface area contributed by atoms with Gasteiger partial charge in [0.1, 0.15) is 5.60 Å². The number of nitrogens with one attached hydrogen (secondary N) is 2. The molecule has 0 radical (unpaired) electrons. The van der Waals surface area contributed by atoms with Gasteiger partial charge in [-0.1, -0.05) is 54.1 Å². The molecule has 6 rings (SSSR count). The number of anilines is 3. The zero-order valence-electron chi connectivity index (χ0n) is 25.5. The van der Waals surface area contributed by atoms with Crippen LogP contribution in [0.2, 0.25) is 5.02 Å². The Morgan fingerprint density at radius 1 is 0.933 bits per heavy atom. The molecule has 1 aliphatic heterocycles. The molecule has 2 aromatic heterocycles. The Morgan fingerprint density at radius 2 is 1.64 bits per heavy atom. The van der Waals surface area contributed by atoms with Gasteiger partial charge in [0.2, 0.25) is 11.9 Å². The summed E-state index contributed by atoms with van der Waals surface area (Å²) in [4.78, 5) is 36.4. The number of fused-ring (bicyclic) bond motifs is 1. The van der Waals surface area contributed by atoms with Gasteiger partial charge in [-0.2, -0.15) is 0 Å². The summed E-state index contributed by atoms with van der Waals surface area (Å²) in [5.74, 6) is 0.111. The third kappa shape index (κ3) is 6.94. The monoisotopic (exact) mass is 622 g/mol. The van der Waals surface area contributed by atoms with Crippen molar-refractivity contribution in [3.63, 3.8) is 0 Å². The van der Waals surface area contributed by atoms with Crippen LogP contribution in [0, 0.1) is 5.92 Å². The SMILES string of the molecule is CC(C)(C)OC(=O)N1CCC(C(=O)Nc2cccc(Nc3ncc(Cl)c(-c4cn(-c5ccccc5)c5ccccc45)n3)c2)CC1. The Labute approximate surface area is 267 Å². The molecule has 0 unspecified atom stereocenters. The number of aromatic nitrogens is 3. The van der Waals surface area contributed by atoms with E-state index in [1.807, 2.05) is 81.6 Å². The average Bonchev–Trinajstić information content (AvgIpc) is 3.41. The Bertz CT molecular complexity index is 1840. The highest BCUT2D eigenvalue weighted by Crippen LogP contribution is 2.36. The van der Waals surface area contributed by atoms with Gasteiger partial charge in [0.15, 0.2) is 0 Å². The topological polar surface area (TPSA) is 101 Å². The Morgan fingerprint density at radius 3 is 2.40 bits per heavy atom. The van der Waals surface area contributed by atoms with E-state index < -0.39 is 5.60 Å². The molecule has 9 nitrogen and oxygen atoms in total. The van der Waals surface area contributed by atoms with Gasteiger partial charge < -0.3 is 24.8 Å². The first-order valence-electron chi connectivity index (χ1n) is 15.0. The normalized spacial score (nSPS) is 13.9. The fraction of sp³-hybridized carbons (Fsp3) is 0.257. The molecule has 2 amide bonds. The van der Waals surface area contributed by atoms with E-state index in [1.54, 1.807) is 11.1 Å². The predicted molar refractivity (Wildman–Crippen MR) is 178 cm³/mol. The molecule has 230 valence electrons. The van der Waals surface area contributed by atoms with Gasteiger partial charge >= 0.3 is 6.09 Å². The fourth-order valence-electron chi connectivity index (χ4n) is 5.49. The molecule has 0 atom stereocenters. The molecule has 1 saturated heterocycles. The Balaban J connectivity index is 1.16. The first kappa shape index (κ1) is 30.1. The lowest BCUT2D eigenvalue weighted by molar-refractivity contribution is -0.121. The minimum absolute atomic E-state index is 0.0733. The number of carbonyl (C=O) groups excluding carboxylic acids is 2. The number of hydrogen-bond acceptors (Lipinski definition) is 6. The number of para-hydroxylation sites is 2. The number of amides is 2. The van der Waals surface area contributed by atoms with Crippen LogP contribution in [0.5, 0.6) is 0 Å². The molecule has 3 heterocycles.